The Morgan fingerprint density at radius 3 is 2.57 bits per heavy atom. The molecule has 0 aliphatic heterocycles. The highest BCUT2D eigenvalue weighted by Gasteiger charge is 2.10. The van der Waals surface area contributed by atoms with E-state index in [4.69, 9.17) is 4.74 Å². The van der Waals surface area contributed by atoms with E-state index in [0.717, 1.165) is 11.3 Å². The summed E-state index contributed by atoms with van der Waals surface area (Å²) in [4.78, 5) is 12.1. The van der Waals surface area contributed by atoms with Crippen LogP contribution in [0.2, 0.25) is 0 Å². The molecule has 0 saturated heterocycles. The summed E-state index contributed by atoms with van der Waals surface area (Å²) in [7, 11) is 0. The van der Waals surface area contributed by atoms with Gasteiger partial charge in [-0.1, -0.05) is 36.4 Å². The minimum Gasteiger partial charge on any atom is -0.508 e. The molecule has 0 aliphatic rings. The predicted molar refractivity (Wildman–Crippen MR) is 89.2 cm³/mol. The highest BCUT2D eigenvalue weighted by molar-refractivity contribution is 5.42. The highest BCUT2D eigenvalue weighted by atomic mass is 16.5. The van der Waals surface area contributed by atoms with Gasteiger partial charge < -0.3 is 14.4 Å². The Balaban J connectivity index is 1.94. The Kier molecular flexibility index (Phi) is 4.15. The van der Waals surface area contributed by atoms with Gasteiger partial charge >= 0.3 is 0 Å². The number of pyridine rings is 1. The van der Waals surface area contributed by atoms with Crippen LogP contribution in [0, 0.1) is 6.92 Å². The summed E-state index contributed by atoms with van der Waals surface area (Å²) in [5.74, 6) is 0.493. The first-order valence-corrected chi connectivity index (χ1v) is 7.33. The Labute approximate surface area is 134 Å². The minimum absolute atomic E-state index is 0.158. The molecular weight excluding hydrogens is 290 g/mol. The zero-order chi connectivity index (χ0) is 16.2. The van der Waals surface area contributed by atoms with Gasteiger partial charge in [-0.05, 0) is 24.6 Å². The fraction of sp³-hybridized carbons (Fsp3) is 0.105. The molecule has 0 amide bonds. The number of hydrogen-bond donors (Lipinski definition) is 1. The maximum atomic E-state index is 12.1. The molecule has 4 heteroatoms. The molecule has 23 heavy (non-hydrogen) atoms. The molecule has 0 atom stereocenters. The molecule has 0 saturated carbocycles. The van der Waals surface area contributed by atoms with Crippen LogP contribution in [-0.4, -0.2) is 9.67 Å². The van der Waals surface area contributed by atoms with Crippen LogP contribution in [0.4, 0.5) is 0 Å². The first-order chi connectivity index (χ1) is 11.1. The van der Waals surface area contributed by atoms with Crippen LogP contribution in [0.5, 0.6) is 11.5 Å². The van der Waals surface area contributed by atoms with Gasteiger partial charge in [-0.2, -0.15) is 0 Å². The van der Waals surface area contributed by atoms with Crippen molar-refractivity contribution in [3.05, 3.63) is 88.3 Å². The lowest BCUT2D eigenvalue weighted by Crippen LogP contribution is -2.14. The third-order valence-electron chi connectivity index (χ3n) is 3.62. The standard InChI is InChI=1S/C19H17NO3/c1-14-19(23-13-15-6-3-2-4-7-15)18(22)10-11-20(14)16-8-5-9-17(21)12-16/h2-12,21H,13H2,1H3. The predicted octanol–water partition coefficient (Wildman–Crippen LogP) is 3.43. The van der Waals surface area contributed by atoms with E-state index in [9.17, 15) is 9.90 Å². The molecular formula is C19H17NO3. The van der Waals surface area contributed by atoms with Gasteiger partial charge in [0.25, 0.3) is 0 Å². The highest BCUT2D eigenvalue weighted by Crippen LogP contribution is 2.21. The van der Waals surface area contributed by atoms with E-state index in [0.29, 0.717) is 18.1 Å². The number of rotatable bonds is 4. The number of hydrogen-bond acceptors (Lipinski definition) is 3. The van der Waals surface area contributed by atoms with Crippen molar-refractivity contribution in [2.75, 3.05) is 0 Å². The fourth-order valence-electron chi connectivity index (χ4n) is 2.45. The number of nitrogens with zero attached hydrogens (tertiary/aromatic N) is 1. The number of phenolic OH excluding ortho intramolecular Hbond substituents is 1. The minimum atomic E-state index is -0.158. The van der Waals surface area contributed by atoms with E-state index in [2.05, 4.69) is 0 Å². The third kappa shape index (κ3) is 3.26. The van der Waals surface area contributed by atoms with Gasteiger partial charge in [0, 0.05) is 24.0 Å². The van der Waals surface area contributed by atoms with E-state index in [1.54, 1.807) is 24.4 Å². The van der Waals surface area contributed by atoms with Crippen LogP contribution in [0.1, 0.15) is 11.3 Å². The zero-order valence-electron chi connectivity index (χ0n) is 12.8. The van der Waals surface area contributed by atoms with Gasteiger partial charge in [0.2, 0.25) is 5.43 Å². The molecule has 0 aliphatic carbocycles. The van der Waals surface area contributed by atoms with Crippen molar-refractivity contribution in [1.82, 2.24) is 4.57 Å². The summed E-state index contributed by atoms with van der Waals surface area (Å²) in [5, 5.41) is 9.63. The van der Waals surface area contributed by atoms with Crippen LogP contribution in [0.15, 0.2) is 71.7 Å². The van der Waals surface area contributed by atoms with Gasteiger partial charge in [-0.15, -0.1) is 0 Å². The lowest BCUT2D eigenvalue weighted by atomic mass is 10.2. The van der Waals surface area contributed by atoms with E-state index < -0.39 is 0 Å². The maximum absolute atomic E-state index is 12.1. The molecule has 1 aromatic heterocycles. The monoisotopic (exact) mass is 307 g/mol. The second-order valence-electron chi connectivity index (χ2n) is 5.26. The van der Waals surface area contributed by atoms with Crippen molar-refractivity contribution in [2.24, 2.45) is 0 Å². The maximum Gasteiger partial charge on any atom is 0.223 e. The van der Waals surface area contributed by atoms with Crippen molar-refractivity contribution in [1.29, 1.82) is 0 Å². The fourth-order valence-corrected chi connectivity index (χ4v) is 2.45. The average Bonchev–Trinajstić information content (AvgIpc) is 2.55. The Morgan fingerprint density at radius 2 is 1.83 bits per heavy atom. The van der Waals surface area contributed by atoms with Crippen molar-refractivity contribution >= 4 is 0 Å². The molecule has 3 rings (SSSR count). The number of phenols is 1. The van der Waals surface area contributed by atoms with E-state index in [1.165, 1.54) is 6.07 Å². The summed E-state index contributed by atoms with van der Waals surface area (Å²) in [6, 6.07) is 18.0. The molecule has 116 valence electrons. The number of aromatic nitrogens is 1. The lowest BCUT2D eigenvalue weighted by Gasteiger charge is -2.15. The molecule has 2 aromatic carbocycles. The van der Waals surface area contributed by atoms with Gasteiger partial charge in [-0.25, -0.2) is 0 Å². The van der Waals surface area contributed by atoms with E-state index in [1.807, 2.05) is 47.9 Å². The molecule has 0 unspecified atom stereocenters. The second kappa shape index (κ2) is 6.40. The van der Waals surface area contributed by atoms with E-state index in [-0.39, 0.29) is 11.2 Å². The molecule has 0 radical (unpaired) electrons. The van der Waals surface area contributed by atoms with Gasteiger partial charge in [0.1, 0.15) is 12.4 Å². The van der Waals surface area contributed by atoms with Gasteiger partial charge in [-0.3, -0.25) is 4.79 Å². The quantitative estimate of drug-likeness (QED) is 0.803. The molecule has 4 nitrogen and oxygen atoms in total. The summed E-state index contributed by atoms with van der Waals surface area (Å²) in [6.07, 6.45) is 1.68. The summed E-state index contributed by atoms with van der Waals surface area (Å²) >= 11 is 0. The number of ether oxygens (including phenoxy) is 1. The Hall–Kier alpha value is -3.01. The van der Waals surface area contributed by atoms with Crippen molar-refractivity contribution in [2.45, 2.75) is 13.5 Å². The molecule has 1 heterocycles. The van der Waals surface area contributed by atoms with Crippen LogP contribution >= 0.6 is 0 Å². The summed E-state index contributed by atoms with van der Waals surface area (Å²) in [5.41, 5.74) is 2.31. The number of benzene rings is 2. The molecule has 1 N–H and O–H groups in total. The number of aromatic hydroxyl groups is 1. The van der Waals surface area contributed by atoms with Crippen LogP contribution in [0.25, 0.3) is 5.69 Å². The molecule has 0 fully saturated rings. The largest absolute Gasteiger partial charge is 0.508 e. The third-order valence-corrected chi connectivity index (χ3v) is 3.62. The van der Waals surface area contributed by atoms with Crippen molar-refractivity contribution in [3.8, 4) is 17.2 Å². The smallest absolute Gasteiger partial charge is 0.223 e. The van der Waals surface area contributed by atoms with Crippen molar-refractivity contribution < 1.29 is 9.84 Å². The summed E-state index contributed by atoms with van der Waals surface area (Å²) in [6.45, 7) is 2.16. The first-order valence-electron chi connectivity index (χ1n) is 7.33. The molecule has 3 aromatic rings. The topological polar surface area (TPSA) is 51.5 Å². The Bertz CT molecular complexity index is 869. The normalized spacial score (nSPS) is 10.5. The lowest BCUT2D eigenvalue weighted by molar-refractivity contribution is 0.298. The first kappa shape index (κ1) is 14.9. The second-order valence-corrected chi connectivity index (χ2v) is 5.26. The SMILES string of the molecule is Cc1c(OCc2ccccc2)c(=O)ccn1-c1cccc(O)c1. The van der Waals surface area contributed by atoms with Crippen LogP contribution in [-0.2, 0) is 6.61 Å². The van der Waals surface area contributed by atoms with Crippen LogP contribution < -0.4 is 10.2 Å². The molecule has 0 bridgehead atoms. The molecule has 0 spiro atoms. The van der Waals surface area contributed by atoms with Gasteiger partial charge in [0.05, 0.1) is 5.69 Å². The van der Waals surface area contributed by atoms with Gasteiger partial charge in [0.15, 0.2) is 5.75 Å². The Morgan fingerprint density at radius 1 is 1.04 bits per heavy atom. The van der Waals surface area contributed by atoms with E-state index >= 15 is 0 Å². The average molecular weight is 307 g/mol. The zero-order valence-corrected chi connectivity index (χ0v) is 12.8. The summed E-state index contributed by atoms with van der Waals surface area (Å²) < 4.78 is 7.57. The van der Waals surface area contributed by atoms with Crippen LogP contribution in [0.3, 0.4) is 0 Å². The van der Waals surface area contributed by atoms with Crippen molar-refractivity contribution in [3.63, 3.8) is 0 Å².